The molecule has 4 aromatic rings. The number of hydrogen-bond donors (Lipinski definition) is 0. The van der Waals surface area contributed by atoms with Crippen molar-refractivity contribution in [2.75, 3.05) is 26.4 Å². The molecule has 4 rings (SSSR count). The lowest BCUT2D eigenvalue weighted by Crippen LogP contribution is -2.54. The molecule has 0 spiro atoms. The molecule has 0 bridgehead atoms. The summed E-state index contributed by atoms with van der Waals surface area (Å²) in [6.45, 7) is 6.78. The summed E-state index contributed by atoms with van der Waals surface area (Å²) in [7, 11) is 0. The fourth-order valence-corrected chi connectivity index (χ4v) is 5.61. The van der Waals surface area contributed by atoms with Gasteiger partial charge in [-0.2, -0.15) is 26.3 Å². The van der Waals surface area contributed by atoms with Gasteiger partial charge in [-0.3, -0.25) is 9.59 Å². The summed E-state index contributed by atoms with van der Waals surface area (Å²) >= 11 is 0. The molecule has 0 fully saturated rings. The van der Waals surface area contributed by atoms with E-state index in [1.54, 1.807) is 48.5 Å². The number of carbonyl (C=O) groups excluding carboxylic acids is 4. The number of benzene rings is 4. The van der Waals surface area contributed by atoms with Gasteiger partial charge in [0.05, 0.1) is 0 Å². The van der Waals surface area contributed by atoms with Crippen LogP contribution in [0.15, 0.2) is 122 Å². The topological polar surface area (TPSA) is 124 Å². The smallest absolute Gasteiger partial charge is 0.411 e. The molecule has 16 heteroatoms. The van der Waals surface area contributed by atoms with Gasteiger partial charge in [0, 0.05) is 25.0 Å². The zero-order valence-corrected chi connectivity index (χ0v) is 31.3. The molecule has 0 radical (unpaired) electrons. The maximum Gasteiger partial charge on any atom is 0.411 e. The van der Waals surface area contributed by atoms with Gasteiger partial charge in [0.25, 0.3) is 0 Å². The number of rotatable bonds is 20. The quantitative estimate of drug-likeness (QED) is 0.0282. The highest BCUT2D eigenvalue weighted by molar-refractivity contribution is 5.81. The van der Waals surface area contributed by atoms with Gasteiger partial charge in [0.1, 0.15) is 49.4 Å². The maximum atomic E-state index is 14.7. The largest absolute Gasteiger partial charge is 0.490 e. The maximum absolute atomic E-state index is 14.7. The van der Waals surface area contributed by atoms with E-state index in [0.29, 0.717) is 46.9 Å². The minimum Gasteiger partial charge on any atom is -0.490 e. The molecule has 0 aromatic heterocycles. The van der Waals surface area contributed by atoms with Crippen molar-refractivity contribution in [3.8, 4) is 23.0 Å². The lowest BCUT2D eigenvalue weighted by molar-refractivity contribution is -0.288. The van der Waals surface area contributed by atoms with Crippen LogP contribution in [0.3, 0.4) is 0 Å². The van der Waals surface area contributed by atoms with E-state index in [9.17, 15) is 45.5 Å². The fraction of sp³-hybridized carbons (Fsp3) is 0.256. The molecule has 4 aromatic carbocycles. The van der Waals surface area contributed by atoms with E-state index >= 15 is 0 Å². The third kappa shape index (κ3) is 12.7. The van der Waals surface area contributed by atoms with Gasteiger partial charge in [0.15, 0.2) is 0 Å². The average molecular weight is 829 g/mol. The van der Waals surface area contributed by atoms with Crippen LogP contribution in [0.4, 0.5) is 26.3 Å². The summed E-state index contributed by atoms with van der Waals surface area (Å²) in [4.78, 5) is 47.2. The van der Waals surface area contributed by atoms with Gasteiger partial charge in [0.2, 0.25) is 5.41 Å². The fourth-order valence-electron chi connectivity index (χ4n) is 5.61. The molecule has 0 atom stereocenters. The van der Waals surface area contributed by atoms with Crippen molar-refractivity contribution in [2.24, 2.45) is 0 Å². The number of hydrogen-bond acceptors (Lipinski definition) is 10. The monoisotopic (exact) mass is 828 g/mol. The number of halogens is 6. The van der Waals surface area contributed by atoms with Crippen molar-refractivity contribution < 1.29 is 73.9 Å². The first kappa shape index (κ1) is 45.1. The summed E-state index contributed by atoms with van der Waals surface area (Å²) in [6, 6.07) is 19.0. The van der Waals surface area contributed by atoms with Crippen LogP contribution >= 0.6 is 0 Å². The van der Waals surface area contributed by atoms with Crippen molar-refractivity contribution >= 4 is 23.9 Å². The van der Waals surface area contributed by atoms with Crippen LogP contribution in [-0.2, 0) is 46.9 Å². The van der Waals surface area contributed by atoms with E-state index in [0.717, 1.165) is 36.4 Å². The van der Waals surface area contributed by atoms with Crippen LogP contribution in [0.1, 0.15) is 35.1 Å². The molecular formula is C43H38F6O10. The third-order valence-electron chi connectivity index (χ3n) is 8.50. The molecular weight excluding hydrogens is 790 g/mol. The summed E-state index contributed by atoms with van der Waals surface area (Å²) < 4.78 is 119. The Bertz CT molecular complexity index is 1890. The average Bonchev–Trinajstić information content (AvgIpc) is 3.20. The second-order valence-electron chi connectivity index (χ2n) is 12.5. The zero-order chi connectivity index (χ0) is 43.1. The Labute approximate surface area is 334 Å². The number of ether oxygens (including phenoxy) is 6. The Hall–Kier alpha value is -6.58. The minimum absolute atomic E-state index is 0.0121. The highest BCUT2D eigenvalue weighted by Gasteiger charge is 2.72. The number of aryl methyl sites for hydroxylation is 2. The summed E-state index contributed by atoms with van der Waals surface area (Å²) in [5.41, 5.74) is -5.45. The lowest BCUT2D eigenvalue weighted by Gasteiger charge is -2.38. The van der Waals surface area contributed by atoms with Crippen molar-refractivity contribution in [1.29, 1.82) is 0 Å². The van der Waals surface area contributed by atoms with Gasteiger partial charge < -0.3 is 28.4 Å². The molecule has 0 saturated carbocycles. The standard InChI is InChI=1S/C43H38F6O10/c1-3-37(50)56-27-25-54-33-15-5-29(6-16-33)9-23-39(52)58-35-19-11-31(12-20-35)41(42(44,45)46,43(47,48)49)32-13-21-36(22-14-32)59-40(53)24-10-30-7-17-34(18-8-30)55-26-28-57-38(51)4-2/h3-8,11-22H,1-2,9-10,23-28H2. The Balaban J connectivity index is 1.35. The molecule has 0 saturated heterocycles. The minimum atomic E-state index is -5.89. The summed E-state index contributed by atoms with van der Waals surface area (Å²) in [5.74, 6) is -2.33. The first-order chi connectivity index (χ1) is 28.0. The molecule has 0 N–H and O–H groups in total. The SMILES string of the molecule is C=CC(=O)OCCOc1ccc(CCC(=O)Oc2ccc(C(c3ccc(OC(=O)CCc4ccc(OCCOC(=O)C=C)cc4)cc3)(C(F)(F)F)C(F)(F)F)cc2)cc1. The van der Waals surface area contributed by atoms with Gasteiger partial charge in [-0.15, -0.1) is 0 Å². The van der Waals surface area contributed by atoms with Crippen LogP contribution in [0, 0.1) is 0 Å². The van der Waals surface area contributed by atoms with Crippen LogP contribution in [0.25, 0.3) is 0 Å². The van der Waals surface area contributed by atoms with E-state index < -0.39 is 52.8 Å². The van der Waals surface area contributed by atoms with E-state index in [1.807, 2.05) is 0 Å². The van der Waals surface area contributed by atoms with Gasteiger partial charge in [-0.05, 0) is 83.6 Å². The highest BCUT2D eigenvalue weighted by Crippen LogP contribution is 2.56. The first-order valence-corrected chi connectivity index (χ1v) is 17.8. The lowest BCUT2D eigenvalue weighted by atomic mass is 9.73. The molecule has 0 amide bonds. The number of alkyl halides is 6. The molecule has 0 aliphatic heterocycles. The Morgan fingerprint density at radius 2 is 0.797 bits per heavy atom. The summed E-state index contributed by atoms with van der Waals surface area (Å²) in [5, 5.41) is 0. The number of carbonyl (C=O) groups is 4. The Morgan fingerprint density at radius 3 is 1.10 bits per heavy atom. The van der Waals surface area contributed by atoms with Crippen molar-refractivity contribution in [1.82, 2.24) is 0 Å². The zero-order valence-electron chi connectivity index (χ0n) is 31.3. The molecule has 312 valence electrons. The van der Waals surface area contributed by atoms with Crippen LogP contribution < -0.4 is 18.9 Å². The molecule has 59 heavy (non-hydrogen) atoms. The van der Waals surface area contributed by atoms with E-state index in [2.05, 4.69) is 13.2 Å². The van der Waals surface area contributed by atoms with E-state index in [1.165, 1.54) is 0 Å². The Kier molecular flexibility index (Phi) is 15.9. The predicted molar refractivity (Wildman–Crippen MR) is 200 cm³/mol. The van der Waals surface area contributed by atoms with Crippen LogP contribution in [0.2, 0.25) is 0 Å². The normalized spacial score (nSPS) is 11.5. The molecule has 10 nitrogen and oxygen atoms in total. The predicted octanol–water partition coefficient (Wildman–Crippen LogP) is 8.39. The van der Waals surface area contributed by atoms with Crippen LogP contribution in [0.5, 0.6) is 23.0 Å². The summed E-state index contributed by atoms with van der Waals surface area (Å²) in [6.07, 6.45) is -9.65. The molecule has 0 unspecified atom stereocenters. The first-order valence-electron chi connectivity index (χ1n) is 17.8. The second-order valence-corrected chi connectivity index (χ2v) is 12.5. The Morgan fingerprint density at radius 1 is 0.475 bits per heavy atom. The van der Waals surface area contributed by atoms with Gasteiger partial charge >= 0.3 is 36.2 Å². The molecule has 0 aliphatic carbocycles. The molecule has 0 aliphatic rings. The van der Waals surface area contributed by atoms with Crippen LogP contribution in [-0.4, -0.2) is 62.7 Å². The van der Waals surface area contributed by atoms with Gasteiger partial charge in [-0.1, -0.05) is 61.7 Å². The van der Waals surface area contributed by atoms with Crippen molar-refractivity contribution in [3.05, 3.63) is 145 Å². The molecule has 0 heterocycles. The second kappa shape index (κ2) is 20.7. The van der Waals surface area contributed by atoms with E-state index in [-0.39, 0.29) is 63.6 Å². The van der Waals surface area contributed by atoms with Crippen molar-refractivity contribution in [2.45, 2.75) is 43.5 Å². The third-order valence-corrected chi connectivity index (χ3v) is 8.50. The number of esters is 4. The van der Waals surface area contributed by atoms with Gasteiger partial charge in [-0.25, -0.2) is 9.59 Å². The van der Waals surface area contributed by atoms with E-state index in [4.69, 9.17) is 28.4 Å². The van der Waals surface area contributed by atoms with Crippen molar-refractivity contribution in [3.63, 3.8) is 0 Å². The highest BCUT2D eigenvalue weighted by atomic mass is 19.4.